The molecular weight excluding hydrogens is 223 g/mol. The molecule has 0 aromatic heterocycles. The van der Waals surface area contributed by atoms with Gasteiger partial charge in [-0.1, -0.05) is 18.2 Å². The summed E-state index contributed by atoms with van der Waals surface area (Å²) >= 11 is 0. The van der Waals surface area contributed by atoms with Gasteiger partial charge in [-0.2, -0.15) is 0 Å². The van der Waals surface area contributed by atoms with Crippen LogP contribution in [0.25, 0.3) is 0 Å². The summed E-state index contributed by atoms with van der Waals surface area (Å²) in [6.45, 7) is 0. The second-order valence-electron chi connectivity index (χ2n) is 2.20. The van der Waals surface area contributed by atoms with Crippen LogP contribution in [0, 0.1) is 0 Å². The summed E-state index contributed by atoms with van der Waals surface area (Å²) in [7, 11) is 0. The zero-order chi connectivity index (χ0) is 8.27. The molecule has 0 bridgehead atoms. The summed E-state index contributed by atoms with van der Waals surface area (Å²) in [5, 5.41) is 17.5. The molecule has 13 heavy (non-hydrogen) atoms. The quantitative estimate of drug-likeness (QED) is 0.724. The summed E-state index contributed by atoms with van der Waals surface area (Å²) in [6, 6.07) is 6.40. The summed E-state index contributed by atoms with van der Waals surface area (Å²) in [5.41, 5.74) is 0.444. The van der Waals surface area contributed by atoms with Crippen molar-refractivity contribution in [1.29, 1.82) is 0 Å². The van der Waals surface area contributed by atoms with E-state index in [4.69, 9.17) is 10.2 Å². The summed E-state index contributed by atoms with van der Waals surface area (Å²) in [4.78, 5) is 10.2. The number of para-hydroxylation sites is 1. The SMILES string of the molecule is O=C(O)Cc1ccccc1O.[Fe].[NaH]. The minimum atomic E-state index is -0.938. The normalized spacial score (nSPS) is 8.00. The molecule has 1 aromatic carbocycles. The number of benzene rings is 1. The zero-order valence-electron chi connectivity index (χ0n) is 6.17. The minimum absolute atomic E-state index is 0. The fourth-order valence-electron chi connectivity index (χ4n) is 0.823. The molecular formula is C8H9FeNaO3. The number of carboxylic acid groups (broad SMARTS) is 1. The van der Waals surface area contributed by atoms with Crippen LogP contribution in [0.1, 0.15) is 5.56 Å². The fourth-order valence-corrected chi connectivity index (χ4v) is 0.823. The number of phenolic OH excluding ortho intramolecular Hbond substituents is 1. The molecule has 0 aliphatic rings. The number of hydrogen-bond acceptors (Lipinski definition) is 2. The molecule has 0 aliphatic heterocycles. The third kappa shape index (κ3) is 5.34. The number of aromatic hydroxyl groups is 1. The van der Waals surface area contributed by atoms with Crippen LogP contribution in [0.2, 0.25) is 0 Å². The van der Waals surface area contributed by atoms with Crippen molar-refractivity contribution >= 4 is 35.5 Å². The second kappa shape index (κ2) is 7.42. The number of rotatable bonds is 2. The van der Waals surface area contributed by atoms with E-state index in [0.29, 0.717) is 5.56 Å². The number of carboxylic acids is 1. The molecule has 0 unspecified atom stereocenters. The van der Waals surface area contributed by atoms with Gasteiger partial charge in [-0.05, 0) is 6.07 Å². The van der Waals surface area contributed by atoms with E-state index in [0.717, 1.165) is 0 Å². The van der Waals surface area contributed by atoms with E-state index in [1.807, 2.05) is 0 Å². The van der Waals surface area contributed by atoms with Crippen molar-refractivity contribution in [3.8, 4) is 5.75 Å². The van der Waals surface area contributed by atoms with Crippen molar-refractivity contribution in [2.24, 2.45) is 0 Å². The van der Waals surface area contributed by atoms with E-state index in [9.17, 15) is 4.79 Å². The number of aliphatic carboxylic acids is 1. The van der Waals surface area contributed by atoms with Gasteiger partial charge in [0.1, 0.15) is 5.75 Å². The molecule has 2 N–H and O–H groups in total. The maximum absolute atomic E-state index is 10.2. The van der Waals surface area contributed by atoms with Crippen LogP contribution >= 0.6 is 0 Å². The molecule has 1 aromatic rings. The summed E-state index contributed by atoms with van der Waals surface area (Å²) < 4.78 is 0. The Labute approximate surface area is 109 Å². The van der Waals surface area contributed by atoms with Gasteiger partial charge in [0.25, 0.3) is 0 Å². The predicted octanol–water partition coefficient (Wildman–Crippen LogP) is 0.368. The van der Waals surface area contributed by atoms with Gasteiger partial charge in [-0.25, -0.2) is 0 Å². The molecule has 5 heteroatoms. The van der Waals surface area contributed by atoms with Gasteiger partial charge in [-0.15, -0.1) is 0 Å². The molecule has 0 radical (unpaired) electrons. The maximum atomic E-state index is 10.2. The third-order valence-corrected chi connectivity index (χ3v) is 1.33. The van der Waals surface area contributed by atoms with E-state index < -0.39 is 5.97 Å². The molecule has 0 amide bonds. The van der Waals surface area contributed by atoms with Crippen molar-refractivity contribution in [3.63, 3.8) is 0 Å². The van der Waals surface area contributed by atoms with Crippen molar-refractivity contribution in [1.82, 2.24) is 0 Å². The summed E-state index contributed by atoms with van der Waals surface area (Å²) in [5.74, 6) is -0.901. The zero-order valence-corrected chi connectivity index (χ0v) is 7.28. The first kappa shape index (κ1) is 15.5. The van der Waals surface area contributed by atoms with E-state index in [1.54, 1.807) is 18.2 Å². The average molecular weight is 232 g/mol. The predicted molar refractivity (Wildman–Crippen MR) is 46.6 cm³/mol. The Morgan fingerprint density at radius 1 is 1.31 bits per heavy atom. The van der Waals surface area contributed by atoms with Gasteiger partial charge in [0.05, 0.1) is 6.42 Å². The molecule has 0 fully saturated rings. The van der Waals surface area contributed by atoms with Crippen molar-refractivity contribution < 1.29 is 32.1 Å². The number of hydrogen-bond donors (Lipinski definition) is 2. The first-order valence-electron chi connectivity index (χ1n) is 3.19. The van der Waals surface area contributed by atoms with Crippen LogP contribution in [-0.4, -0.2) is 45.7 Å². The Morgan fingerprint density at radius 3 is 2.31 bits per heavy atom. The van der Waals surface area contributed by atoms with Crippen LogP contribution < -0.4 is 0 Å². The van der Waals surface area contributed by atoms with Gasteiger partial charge in [0.2, 0.25) is 0 Å². The Hall–Kier alpha value is 0.00948. The molecule has 0 aliphatic carbocycles. The van der Waals surface area contributed by atoms with E-state index >= 15 is 0 Å². The molecule has 0 saturated heterocycles. The molecule has 3 nitrogen and oxygen atoms in total. The topological polar surface area (TPSA) is 57.5 Å². The Bertz CT molecular complexity index is 278. The summed E-state index contributed by atoms with van der Waals surface area (Å²) in [6.07, 6.45) is -0.132. The third-order valence-electron chi connectivity index (χ3n) is 1.33. The van der Waals surface area contributed by atoms with Gasteiger partial charge in [0, 0.05) is 22.6 Å². The van der Waals surface area contributed by atoms with Gasteiger partial charge in [0.15, 0.2) is 0 Å². The number of carbonyl (C=O) groups is 1. The first-order valence-corrected chi connectivity index (χ1v) is 3.19. The van der Waals surface area contributed by atoms with Crippen molar-refractivity contribution in [2.75, 3.05) is 0 Å². The van der Waals surface area contributed by atoms with Crippen LogP contribution in [0.15, 0.2) is 24.3 Å². The van der Waals surface area contributed by atoms with E-state index in [-0.39, 0.29) is 58.8 Å². The Morgan fingerprint density at radius 2 is 1.85 bits per heavy atom. The van der Waals surface area contributed by atoms with Gasteiger partial charge < -0.3 is 10.2 Å². The number of phenols is 1. The van der Waals surface area contributed by atoms with Crippen molar-refractivity contribution in [3.05, 3.63) is 29.8 Å². The Kier molecular flexibility index (Phi) is 8.83. The van der Waals surface area contributed by atoms with Gasteiger partial charge >= 0.3 is 35.5 Å². The van der Waals surface area contributed by atoms with E-state index in [2.05, 4.69) is 0 Å². The molecule has 0 atom stereocenters. The molecule has 0 heterocycles. The first-order chi connectivity index (χ1) is 5.20. The standard InChI is InChI=1S/C8H8O3.Fe.Na.H/c9-7-4-2-1-3-6(7)5-8(10)11;;;/h1-4,9H,5H2,(H,10,11);;;. The second-order valence-corrected chi connectivity index (χ2v) is 2.20. The van der Waals surface area contributed by atoms with Crippen LogP contribution in [-0.2, 0) is 28.3 Å². The van der Waals surface area contributed by atoms with Crippen molar-refractivity contribution in [2.45, 2.75) is 6.42 Å². The molecule has 0 saturated carbocycles. The van der Waals surface area contributed by atoms with E-state index in [1.165, 1.54) is 6.07 Å². The monoisotopic (exact) mass is 232 g/mol. The van der Waals surface area contributed by atoms with Crippen LogP contribution in [0.5, 0.6) is 5.75 Å². The molecule has 68 valence electrons. The molecule has 1 rings (SSSR count). The fraction of sp³-hybridized carbons (Fsp3) is 0.125. The molecule has 0 spiro atoms. The van der Waals surface area contributed by atoms with Crippen LogP contribution in [0.3, 0.4) is 0 Å². The van der Waals surface area contributed by atoms with Gasteiger partial charge in [-0.3, -0.25) is 4.79 Å². The Balaban J connectivity index is 0. The van der Waals surface area contributed by atoms with Crippen LogP contribution in [0.4, 0.5) is 0 Å². The average Bonchev–Trinajstić information content (AvgIpc) is 1.93.